The maximum atomic E-state index is 12.1. The van der Waals surface area contributed by atoms with Gasteiger partial charge in [-0.1, -0.05) is 6.07 Å². The topological polar surface area (TPSA) is 80.1 Å². The molecule has 136 valence electrons. The van der Waals surface area contributed by atoms with Crippen molar-refractivity contribution >= 4 is 11.7 Å². The first-order valence-corrected chi connectivity index (χ1v) is 9.21. The average Bonchev–Trinajstić information content (AvgIpc) is 3.15. The molecule has 0 radical (unpaired) electrons. The van der Waals surface area contributed by atoms with Crippen LogP contribution in [0.2, 0.25) is 0 Å². The summed E-state index contributed by atoms with van der Waals surface area (Å²) in [6.07, 6.45) is 7.49. The van der Waals surface area contributed by atoms with Crippen LogP contribution in [-0.2, 0) is 11.3 Å². The third-order valence-electron chi connectivity index (χ3n) is 5.24. The van der Waals surface area contributed by atoms with Gasteiger partial charge in [0.1, 0.15) is 18.7 Å². The molecule has 2 fully saturated rings. The minimum atomic E-state index is -0.162. The molecule has 0 unspecified atom stereocenters. The van der Waals surface area contributed by atoms with Crippen molar-refractivity contribution < 1.29 is 4.79 Å². The van der Waals surface area contributed by atoms with Gasteiger partial charge in [0.05, 0.1) is 0 Å². The summed E-state index contributed by atoms with van der Waals surface area (Å²) in [5.41, 5.74) is 0.899. The molecule has 1 saturated carbocycles. The molecule has 3 heterocycles. The highest BCUT2D eigenvalue weighted by Gasteiger charge is 2.32. The largest absolute Gasteiger partial charge is 0.357 e. The van der Waals surface area contributed by atoms with Crippen molar-refractivity contribution in [3.63, 3.8) is 0 Å². The molecule has 0 atom stereocenters. The Morgan fingerprint density at radius 3 is 2.77 bits per heavy atom. The van der Waals surface area contributed by atoms with Gasteiger partial charge in [-0.05, 0) is 31.7 Å². The highest BCUT2D eigenvalue weighted by molar-refractivity contribution is 5.76. The van der Waals surface area contributed by atoms with Crippen molar-refractivity contribution in [1.82, 2.24) is 19.9 Å². The maximum absolute atomic E-state index is 12.1. The zero-order chi connectivity index (χ0) is 17.9. The first-order valence-electron chi connectivity index (χ1n) is 9.21. The van der Waals surface area contributed by atoms with Gasteiger partial charge in [0.25, 0.3) is 5.56 Å². The smallest absolute Gasteiger partial charge is 0.250 e. The lowest BCUT2D eigenvalue weighted by molar-refractivity contribution is -0.123. The van der Waals surface area contributed by atoms with E-state index in [1.54, 1.807) is 24.7 Å². The van der Waals surface area contributed by atoms with Crippen molar-refractivity contribution in [2.75, 3.05) is 18.0 Å². The van der Waals surface area contributed by atoms with Crippen molar-refractivity contribution in [3.8, 4) is 0 Å². The number of rotatable bonds is 5. The van der Waals surface area contributed by atoms with E-state index in [0.29, 0.717) is 5.92 Å². The van der Waals surface area contributed by atoms with Crippen LogP contribution in [0.4, 0.5) is 5.82 Å². The van der Waals surface area contributed by atoms with Gasteiger partial charge in [0, 0.05) is 49.1 Å². The van der Waals surface area contributed by atoms with Crippen LogP contribution in [0.3, 0.4) is 0 Å². The van der Waals surface area contributed by atoms with Crippen molar-refractivity contribution in [3.05, 3.63) is 52.8 Å². The monoisotopic (exact) mass is 353 g/mol. The molecule has 7 heteroatoms. The second-order valence-corrected chi connectivity index (χ2v) is 7.09. The summed E-state index contributed by atoms with van der Waals surface area (Å²) in [4.78, 5) is 34.9. The van der Waals surface area contributed by atoms with Gasteiger partial charge in [-0.15, -0.1) is 0 Å². The van der Waals surface area contributed by atoms with Crippen LogP contribution in [0, 0.1) is 0 Å². The number of hydrogen-bond donors (Lipinski definition) is 1. The highest BCUT2D eigenvalue weighted by atomic mass is 16.2. The summed E-state index contributed by atoms with van der Waals surface area (Å²) in [5, 5.41) is 3.01. The molecular formula is C19H23N5O2. The lowest BCUT2D eigenvalue weighted by atomic mass is 9.78. The number of carbonyl (C=O) groups excluding carboxylic acids is 1. The maximum Gasteiger partial charge on any atom is 0.250 e. The van der Waals surface area contributed by atoms with Gasteiger partial charge < -0.3 is 14.8 Å². The van der Waals surface area contributed by atoms with E-state index < -0.39 is 0 Å². The van der Waals surface area contributed by atoms with E-state index in [1.807, 2.05) is 0 Å². The Kier molecular flexibility index (Phi) is 4.69. The Morgan fingerprint density at radius 1 is 1.19 bits per heavy atom. The van der Waals surface area contributed by atoms with Crippen LogP contribution in [0.1, 0.15) is 37.3 Å². The minimum absolute atomic E-state index is 0.0630. The van der Waals surface area contributed by atoms with E-state index >= 15 is 0 Å². The number of anilines is 1. The lowest BCUT2D eigenvalue weighted by Gasteiger charge is -2.35. The van der Waals surface area contributed by atoms with Crippen LogP contribution in [0.15, 0.2) is 41.6 Å². The number of amides is 1. The Labute approximate surface area is 152 Å². The molecule has 4 rings (SSSR count). The Bertz CT molecular complexity index is 838. The molecule has 1 amide bonds. The quantitative estimate of drug-likeness (QED) is 0.876. The van der Waals surface area contributed by atoms with Gasteiger partial charge in [0.15, 0.2) is 0 Å². The fourth-order valence-corrected chi connectivity index (χ4v) is 3.70. The van der Waals surface area contributed by atoms with E-state index in [-0.39, 0.29) is 24.1 Å². The number of aromatic nitrogens is 3. The Morgan fingerprint density at radius 2 is 2.00 bits per heavy atom. The summed E-state index contributed by atoms with van der Waals surface area (Å²) in [5.74, 6) is 1.26. The Balaban J connectivity index is 1.30. The molecule has 0 spiro atoms. The average molecular weight is 353 g/mol. The van der Waals surface area contributed by atoms with E-state index in [2.05, 4.69) is 26.3 Å². The molecule has 0 bridgehead atoms. The molecule has 7 nitrogen and oxygen atoms in total. The number of carbonyl (C=O) groups is 1. The summed E-state index contributed by atoms with van der Waals surface area (Å²) in [7, 11) is 0. The number of nitrogens with zero attached hydrogens (tertiary/aromatic N) is 4. The molecule has 1 aliphatic heterocycles. The van der Waals surface area contributed by atoms with Gasteiger partial charge in [-0.2, -0.15) is 0 Å². The summed E-state index contributed by atoms with van der Waals surface area (Å²) >= 11 is 0. The zero-order valence-corrected chi connectivity index (χ0v) is 14.7. The fourth-order valence-electron chi connectivity index (χ4n) is 3.70. The molecule has 1 aliphatic carbocycles. The van der Waals surface area contributed by atoms with Gasteiger partial charge in [-0.25, -0.2) is 9.97 Å². The van der Waals surface area contributed by atoms with Crippen LogP contribution in [-0.4, -0.2) is 39.6 Å². The second-order valence-electron chi connectivity index (χ2n) is 7.09. The zero-order valence-electron chi connectivity index (χ0n) is 14.7. The predicted molar refractivity (Wildman–Crippen MR) is 98.1 cm³/mol. The normalized spacial score (nSPS) is 22.1. The fraction of sp³-hybridized carbons (Fsp3) is 0.474. The van der Waals surface area contributed by atoms with Gasteiger partial charge in [0.2, 0.25) is 5.91 Å². The van der Waals surface area contributed by atoms with Crippen molar-refractivity contribution in [2.45, 2.75) is 44.2 Å². The SMILES string of the molecule is O=C(Cn1ccccc1=O)NC1CC(c2cc(N3CCCC3)ncn2)C1. The van der Waals surface area contributed by atoms with E-state index in [9.17, 15) is 9.59 Å². The minimum Gasteiger partial charge on any atom is -0.357 e. The van der Waals surface area contributed by atoms with Gasteiger partial charge in [-0.3, -0.25) is 9.59 Å². The van der Waals surface area contributed by atoms with E-state index in [0.717, 1.165) is 37.4 Å². The molecule has 2 aromatic rings. The molecular weight excluding hydrogens is 330 g/mol. The second kappa shape index (κ2) is 7.27. The highest BCUT2D eigenvalue weighted by Crippen LogP contribution is 2.36. The van der Waals surface area contributed by atoms with Crippen LogP contribution in [0.5, 0.6) is 0 Å². The van der Waals surface area contributed by atoms with Crippen LogP contribution in [0.25, 0.3) is 0 Å². The van der Waals surface area contributed by atoms with Crippen molar-refractivity contribution in [1.29, 1.82) is 0 Å². The standard InChI is InChI=1S/C19H23N5O2/c25-18(12-24-8-2-1-5-19(24)26)22-15-9-14(10-15)16-11-17(21-13-20-16)23-6-3-4-7-23/h1-2,5,8,11,13-15H,3-4,6-7,9-10,12H2,(H,22,25). The molecule has 2 aliphatic rings. The molecule has 2 aromatic heterocycles. The molecule has 1 saturated heterocycles. The summed E-state index contributed by atoms with van der Waals surface area (Å²) in [6, 6.07) is 7.13. The first-order chi connectivity index (χ1) is 12.7. The van der Waals surface area contributed by atoms with Crippen LogP contribution >= 0.6 is 0 Å². The molecule has 26 heavy (non-hydrogen) atoms. The van der Waals surface area contributed by atoms with E-state index in [4.69, 9.17) is 0 Å². The third kappa shape index (κ3) is 3.61. The number of nitrogens with one attached hydrogen (secondary N) is 1. The third-order valence-corrected chi connectivity index (χ3v) is 5.24. The van der Waals surface area contributed by atoms with Crippen LogP contribution < -0.4 is 15.8 Å². The van der Waals surface area contributed by atoms with Crippen molar-refractivity contribution in [2.24, 2.45) is 0 Å². The number of hydrogen-bond acceptors (Lipinski definition) is 5. The number of pyridine rings is 1. The first kappa shape index (κ1) is 16.8. The van der Waals surface area contributed by atoms with Gasteiger partial charge >= 0.3 is 0 Å². The summed E-state index contributed by atoms with van der Waals surface area (Å²) in [6.45, 7) is 2.20. The van der Waals surface area contributed by atoms with E-state index in [1.165, 1.54) is 23.5 Å². The molecule has 1 N–H and O–H groups in total. The molecule has 0 aromatic carbocycles. The predicted octanol–water partition coefficient (Wildman–Crippen LogP) is 1.30. The lowest BCUT2D eigenvalue weighted by Crippen LogP contribution is -2.45. The Hall–Kier alpha value is -2.70. The summed E-state index contributed by atoms with van der Waals surface area (Å²) < 4.78 is 1.41.